The quantitative estimate of drug-likeness (QED) is 0.888. The Morgan fingerprint density at radius 1 is 1.47 bits per heavy atom. The molecule has 2 atom stereocenters. The van der Waals surface area contributed by atoms with Gasteiger partial charge in [0.2, 0.25) is 0 Å². The molecule has 1 saturated heterocycles. The zero-order valence-electron chi connectivity index (χ0n) is 11.2. The number of furan rings is 1. The first kappa shape index (κ1) is 12.7. The third-order valence-electron chi connectivity index (χ3n) is 4.09. The van der Waals surface area contributed by atoms with Gasteiger partial charge in [-0.05, 0) is 36.8 Å². The van der Waals surface area contributed by atoms with Crippen LogP contribution in [0.3, 0.4) is 0 Å². The fourth-order valence-electron chi connectivity index (χ4n) is 2.91. The molecule has 0 radical (unpaired) electrons. The zero-order chi connectivity index (χ0) is 13.4. The summed E-state index contributed by atoms with van der Waals surface area (Å²) in [4.78, 5) is 14.2. The van der Waals surface area contributed by atoms with Gasteiger partial charge in [-0.3, -0.25) is 4.79 Å². The maximum atomic E-state index is 12.3. The Kier molecular flexibility index (Phi) is 3.33. The molecule has 3 rings (SSSR count). The summed E-state index contributed by atoms with van der Waals surface area (Å²) < 4.78 is 10.5. The molecule has 19 heavy (non-hydrogen) atoms. The second-order valence-electron chi connectivity index (χ2n) is 5.57. The van der Waals surface area contributed by atoms with Gasteiger partial charge in [-0.2, -0.15) is 0 Å². The van der Waals surface area contributed by atoms with E-state index in [0.29, 0.717) is 30.6 Å². The molecule has 104 valence electrons. The van der Waals surface area contributed by atoms with E-state index in [-0.39, 0.29) is 11.9 Å². The van der Waals surface area contributed by atoms with Gasteiger partial charge in [0.15, 0.2) is 5.76 Å². The van der Waals surface area contributed by atoms with Crippen molar-refractivity contribution in [2.75, 3.05) is 20.2 Å². The van der Waals surface area contributed by atoms with Crippen LogP contribution in [0.5, 0.6) is 0 Å². The van der Waals surface area contributed by atoms with Crippen LogP contribution in [-0.2, 0) is 11.3 Å². The van der Waals surface area contributed by atoms with Crippen molar-refractivity contribution in [2.45, 2.75) is 25.5 Å². The Morgan fingerprint density at radius 3 is 2.95 bits per heavy atom. The summed E-state index contributed by atoms with van der Waals surface area (Å²) in [5.74, 6) is 2.20. The standard InChI is InChI=1S/C14H20N2O3/c1-18-8-10-4-5-13(19-10)14(17)16-6-11(9-2-3-9)12(15)7-16/h4-5,9,11-12H,2-3,6-8,15H2,1H3. The second-order valence-corrected chi connectivity index (χ2v) is 5.57. The average molecular weight is 264 g/mol. The number of carbonyl (C=O) groups excluding carboxylic acids is 1. The van der Waals surface area contributed by atoms with Crippen LogP contribution >= 0.6 is 0 Å². The SMILES string of the molecule is COCc1ccc(C(=O)N2CC(N)C(C3CC3)C2)o1. The van der Waals surface area contributed by atoms with Crippen LogP contribution in [0, 0.1) is 11.8 Å². The number of amides is 1. The van der Waals surface area contributed by atoms with Gasteiger partial charge in [-0.15, -0.1) is 0 Å². The highest BCUT2D eigenvalue weighted by Gasteiger charge is 2.42. The Labute approximate surface area is 112 Å². The first-order valence-electron chi connectivity index (χ1n) is 6.81. The van der Waals surface area contributed by atoms with Crippen molar-refractivity contribution in [1.82, 2.24) is 4.90 Å². The van der Waals surface area contributed by atoms with E-state index in [4.69, 9.17) is 14.9 Å². The summed E-state index contributed by atoms with van der Waals surface area (Å²) in [6.45, 7) is 1.79. The molecule has 0 bridgehead atoms. The van der Waals surface area contributed by atoms with E-state index >= 15 is 0 Å². The zero-order valence-corrected chi connectivity index (χ0v) is 11.2. The Hall–Kier alpha value is -1.33. The molecule has 1 aliphatic heterocycles. The number of ether oxygens (including phenoxy) is 1. The van der Waals surface area contributed by atoms with Crippen LogP contribution in [0.2, 0.25) is 0 Å². The van der Waals surface area contributed by atoms with Crippen molar-refractivity contribution in [3.63, 3.8) is 0 Å². The Balaban J connectivity index is 1.66. The molecule has 5 nitrogen and oxygen atoms in total. The molecule has 2 fully saturated rings. The molecule has 2 heterocycles. The summed E-state index contributed by atoms with van der Waals surface area (Å²) in [6, 6.07) is 3.61. The lowest BCUT2D eigenvalue weighted by Gasteiger charge is -2.14. The van der Waals surface area contributed by atoms with E-state index in [0.717, 1.165) is 12.5 Å². The average Bonchev–Trinajstić information content (AvgIpc) is 3.00. The van der Waals surface area contributed by atoms with Gasteiger partial charge in [0.25, 0.3) is 5.91 Å². The summed E-state index contributed by atoms with van der Waals surface area (Å²) in [5, 5.41) is 0. The van der Waals surface area contributed by atoms with E-state index in [1.807, 2.05) is 4.90 Å². The number of hydrogen-bond acceptors (Lipinski definition) is 4. The van der Waals surface area contributed by atoms with Gasteiger partial charge in [0, 0.05) is 26.2 Å². The van der Waals surface area contributed by atoms with Crippen molar-refractivity contribution in [2.24, 2.45) is 17.6 Å². The van der Waals surface area contributed by atoms with Gasteiger partial charge in [-0.1, -0.05) is 0 Å². The van der Waals surface area contributed by atoms with Gasteiger partial charge in [0.1, 0.15) is 12.4 Å². The third kappa shape index (κ3) is 2.53. The minimum absolute atomic E-state index is 0.0547. The summed E-state index contributed by atoms with van der Waals surface area (Å²) >= 11 is 0. The molecule has 1 aromatic heterocycles. The molecule has 5 heteroatoms. The minimum Gasteiger partial charge on any atom is -0.453 e. The van der Waals surface area contributed by atoms with Crippen molar-refractivity contribution in [3.8, 4) is 0 Å². The number of nitrogens with two attached hydrogens (primary N) is 1. The largest absolute Gasteiger partial charge is 0.453 e. The lowest BCUT2D eigenvalue weighted by molar-refractivity contribution is 0.0745. The number of carbonyl (C=O) groups is 1. The summed E-state index contributed by atoms with van der Waals surface area (Å²) in [5.41, 5.74) is 6.13. The Bertz CT molecular complexity index is 467. The highest BCUT2D eigenvalue weighted by molar-refractivity contribution is 5.91. The molecule has 2 unspecified atom stereocenters. The smallest absolute Gasteiger partial charge is 0.289 e. The van der Waals surface area contributed by atoms with Crippen LogP contribution in [0.1, 0.15) is 29.2 Å². The van der Waals surface area contributed by atoms with Gasteiger partial charge >= 0.3 is 0 Å². The molecular formula is C14H20N2O3. The topological polar surface area (TPSA) is 68.7 Å². The number of hydrogen-bond donors (Lipinski definition) is 1. The predicted octanol–water partition coefficient (Wildman–Crippen LogP) is 1.24. The van der Waals surface area contributed by atoms with Crippen LogP contribution in [-0.4, -0.2) is 37.0 Å². The lowest BCUT2D eigenvalue weighted by atomic mass is 9.99. The maximum absolute atomic E-state index is 12.3. The summed E-state index contributed by atoms with van der Waals surface area (Å²) in [6.07, 6.45) is 2.53. The van der Waals surface area contributed by atoms with E-state index in [1.165, 1.54) is 12.8 Å². The van der Waals surface area contributed by atoms with Gasteiger partial charge in [-0.25, -0.2) is 0 Å². The van der Waals surface area contributed by atoms with Crippen molar-refractivity contribution in [3.05, 3.63) is 23.7 Å². The predicted molar refractivity (Wildman–Crippen MR) is 69.5 cm³/mol. The molecular weight excluding hydrogens is 244 g/mol. The highest BCUT2D eigenvalue weighted by atomic mass is 16.5. The molecule has 2 N–H and O–H groups in total. The molecule has 1 aromatic rings. The normalized spacial score (nSPS) is 26.9. The van der Waals surface area contributed by atoms with Crippen molar-refractivity contribution < 1.29 is 13.9 Å². The molecule has 1 amide bonds. The molecule has 0 spiro atoms. The van der Waals surface area contributed by atoms with E-state index in [1.54, 1.807) is 19.2 Å². The Morgan fingerprint density at radius 2 is 2.26 bits per heavy atom. The number of rotatable bonds is 4. The fourth-order valence-corrected chi connectivity index (χ4v) is 2.91. The van der Waals surface area contributed by atoms with Crippen LogP contribution in [0.15, 0.2) is 16.5 Å². The van der Waals surface area contributed by atoms with Crippen molar-refractivity contribution in [1.29, 1.82) is 0 Å². The molecule has 0 aromatic carbocycles. The van der Waals surface area contributed by atoms with Crippen LogP contribution in [0.25, 0.3) is 0 Å². The fraction of sp³-hybridized carbons (Fsp3) is 0.643. The molecule has 2 aliphatic rings. The first-order chi connectivity index (χ1) is 9.19. The highest BCUT2D eigenvalue weighted by Crippen LogP contribution is 2.41. The minimum atomic E-state index is -0.0547. The first-order valence-corrected chi connectivity index (χ1v) is 6.81. The number of nitrogens with zero attached hydrogens (tertiary/aromatic N) is 1. The third-order valence-corrected chi connectivity index (χ3v) is 4.09. The van der Waals surface area contributed by atoms with Crippen LogP contribution < -0.4 is 5.73 Å². The van der Waals surface area contributed by atoms with Gasteiger partial charge < -0.3 is 19.8 Å². The molecule has 1 aliphatic carbocycles. The number of likely N-dealkylation sites (tertiary alicyclic amines) is 1. The summed E-state index contributed by atoms with van der Waals surface area (Å²) in [7, 11) is 1.60. The van der Waals surface area contributed by atoms with Crippen molar-refractivity contribution >= 4 is 5.91 Å². The van der Waals surface area contributed by atoms with E-state index < -0.39 is 0 Å². The monoisotopic (exact) mass is 264 g/mol. The van der Waals surface area contributed by atoms with Gasteiger partial charge in [0.05, 0.1) is 0 Å². The number of methoxy groups -OCH3 is 1. The molecule has 1 saturated carbocycles. The van der Waals surface area contributed by atoms with E-state index in [9.17, 15) is 4.79 Å². The van der Waals surface area contributed by atoms with Crippen LogP contribution in [0.4, 0.5) is 0 Å². The second kappa shape index (κ2) is 4.98. The maximum Gasteiger partial charge on any atom is 0.289 e. The van der Waals surface area contributed by atoms with E-state index in [2.05, 4.69) is 0 Å². The lowest BCUT2D eigenvalue weighted by Crippen LogP contribution is -2.32.